The second-order valence-electron chi connectivity index (χ2n) is 12.2. The van der Waals surface area contributed by atoms with E-state index < -0.39 is 5.60 Å². The highest BCUT2D eigenvalue weighted by molar-refractivity contribution is 5.84. The summed E-state index contributed by atoms with van der Waals surface area (Å²) in [6.45, 7) is 10.8. The minimum absolute atomic E-state index is 0.225. The number of morpholine rings is 1. The minimum atomic E-state index is -0.471. The van der Waals surface area contributed by atoms with Gasteiger partial charge in [-0.15, -0.1) is 0 Å². The van der Waals surface area contributed by atoms with Gasteiger partial charge in [-0.1, -0.05) is 13.8 Å². The Balaban J connectivity index is 1.29. The number of Topliss-reactive ketones (excluding diaryl/α,β-unsaturated/α-hetero) is 1. The Bertz CT molecular complexity index is 657. The molecule has 1 N–H and O–H groups in total. The minimum Gasteiger partial charge on any atom is -0.390 e. The predicted octanol–water partition coefficient (Wildman–Crippen LogP) is 4.15. The van der Waals surface area contributed by atoms with E-state index in [0.29, 0.717) is 18.2 Å². The van der Waals surface area contributed by atoms with E-state index in [4.69, 9.17) is 4.74 Å². The molecule has 30 heavy (non-hydrogen) atoms. The molecular formula is C26H43NO3. The third-order valence-electron chi connectivity index (χ3n) is 10.8. The van der Waals surface area contributed by atoms with Gasteiger partial charge in [-0.2, -0.15) is 0 Å². The molecule has 4 heteroatoms. The van der Waals surface area contributed by atoms with E-state index in [-0.39, 0.29) is 11.3 Å². The molecule has 0 amide bonds. The molecule has 1 heterocycles. The number of nitrogens with zero attached hydrogens (tertiary/aromatic N) is 1. The first kappa shape index (κ1) is 21.4. The van der Waals surface area contributed by atoms with E-state index in [2.05, 4.69) is 25.7 Å². The Morgan fingerprint density at radius 2 is 1.80 bits per heavy atom. The highest BCUT2D eigenvalue weighted by Crippen LogP contribution is 2.65. The zero-order chi connectivity index (χ0) is 21.1. The molecular weight excluding hydrogens is 374 g/mol. The number of carbonyl (C=O) groups is 1. The van der Waals surface area contributed by atoms with Gasteiger partial charge in [-0.25, -0.2) is 0 Å². The number of hydrogen-bond acceptors (Lipinski definition) is 4. The van der Waals surface area contributed by atoms with E-state index in [0.717, 1.165) is 68.7 Å². The monoisotopic (exact) mass is 417 g/mol. The first-order valence-corrected chi connectivity index (χ1v) is 12.8. The summed E-state index contributed by atoms with van der Waals surface area (Å²) in [5.41, 5.74) is -0.245. The summed E-state index contributed by atoms with van der Waals surface area (Å²) in [6.07, 6.45) is 9.79. The summed E-state index contributed by atoms with van der Waals surface area (Å²) < 4.78 is 5.47. The van der Waals surface area contributed by atoms with Gasteiger partial charge in [-0.05, 0) is 99.2 Å². The number of ketones is 1. The van der Waals surface area contributed by atoms with Crippen molar-refractivity contribution in [3.05, 3.63) is 0 Å². The molecule has 0 radical (unpaired) electrons. The molecule has 9 atom stereocenters. The van der Waals surface area contributed by atoms with Gasteiger partial charge in [0.05, 0.1) is 25.4 Å². The van der Waals surface area contributed by atoms with Gasteiger partial charge < -0.3 is 9.84 Å². The quantitative estimate of drug-likeness (QED) is 0.749. The van der Waals surface area contributed by atoms with Crippen molar-refractivity contribution in [2.75, 3.05) is 32.8 Å². The van der Waals surface area contributed by atoms with Crippen molar-refractivity contribution in [1.82, 2.24) is 4.90 Å². The summed E-state index contributed by atoms with van der Waals surface area (Å²) in [5, 5.41) is 10.9. The maximum absolute atomic E-state index is 13.4. The lowest BCUT2D eigenvalue weighted by Crippen LogP contribution is -2.53. The Morgan fingerprint density at radius 1 is 1.03 bits per heavy atom. The normalized spacial score (nSPS) is 51.7. The van der Waals surface area contributed by atoms with Gasteiger partial charge in [0.25, 0.3) is 0 Å². The Kier molecular flexibility index (Phi) is 5.60. The first-order valence-electron chi connectivity index (χ1n) is 12.8. The first-order chi connectivity index (χ1) is 14.3. The summed E-state index contributed by atoms with van der Waals surface area (Å²) in [4.78, 5) is 15.7. The Hall–Kier alpha value is -0.450. The maximum Gasteiger partial charge on any atom is 0.150 e. The summed E-state index contributed by atoms with van der Waals surface area (Å²) >= 11 is 0. The van der Waals surface area contributed by atoms with Crippen LogP contribution < -0.4 is 0 Å². The van der Waals surface area contributed by atoms with Crippen LogP contribution in [-0.4, -0.2) is 54.2 Å². The molecule has 0 bridgehead atoms. The lowest BCUT2D eigenvalue weighted by atomic mass is 9.48. The van der Waals surface area contributed by atoms with Crippen molar-refractivity contribution >= 4 is 5.78 Å². The van der Waals surface area contributed by atoms with Crippen LogP contribution in [0.5, 0.6) is 0 Å². The molecule has 1 aliphatic heterocycles. The van der Waals surface area contributed by atoms with E-state index in [1.807, 2.05) is 0 Å². The molecule has 5 aliphatic rings. The van der Waals surface area contributed by atoms with Crippen LogP contribution in [0.3, 0.4) is 0 Å². The molecule has 0 spiro atoms. The van der Waals surface area contributed by atoms with Crippen LogP contribution in [0.2, 0.25) is 0 Å². The molecule has 4 saturated carbocycles. The Labute approximate surface area is 183 Å². The number of ether oxygens (including phenoxy) is 1. The average molecular weight is 418 g/mol. The number of hydrogen-bond donors (Lipinski definition) is 1. The molecule has 170 valence electrons. The van der Waals surface area contributed by atoms with Gasteiger partial charge in [0, 0.05) is 19.0 Å². The third-order valence-corrected chi connectivity index (χ3v) is 10.8. The van der Waals surface area contributed by atoms with Crippen molar-refractivity contribution < 1.29 is 14.6 Å². The Morgan fingerprint density at radius 3 is 2.57 bits per heavy atom. The molecule has 5 rings (SSSR count). The molecule has 0 aromatic carbocycles. The van der Waals surface area contributed by atoms with Crippen LogP contribution >= 0.6 is 0 Å². The zero-order valence-electron chi connectivity index (χ0n) is 19.4. The van der Waals surface area contributed by atoms with Crippen LogP contribution in [0.25, 0.3) is 0 Å². The molecule has 0 aromatic rings. The molecule has 0 unspecified atom stereocenters. The molecule has 4 nitrogen and oxygen atoms in total. The largest absolute Gasteiger partial charge is 0.390 e. The molecule has 0 aromatic heterocycles. The number of aliphatic hydroxyl groups is 1. The van der Waals surface area contributed by atoms with Crippen LogP contribution in [0.1, 0.15) is 72.1 Å². The SMILES string of the molecule is C[C@@H]1C[C@H]2[C@@H](CC[C@@H]3[C@@H]2CC[C@]2(C)[C@@H](C(=O)CN4CCOCC4)CC[C@@H]32)C[C@]1(C)O. The summed E-state index contributed by atoms with van der Waals surface area (Å²) in [7, 11) is 0. The van der Waals surface area contributed by atoms with Gasteiger partial charge in [0.2, 0.25) is 0 Å². The van der Waals surface area contributed by atoms with Crippen molar-refractivity contribution in [1.29, 1.82) is 0 Å². The predicted molar refractivity (Wildman–Crippen MR) is 118 cm³/mol. The fraction of sp³-hybridized carbons (Fsp3) is 0.962. The summed E-state index contributed by atoms with van der Waals surface area (Å²) in [6, 6.07) is 0. The van der Waals surface area contributed by atoms with Crippen molar-refractivity contribution in [3.63, 3.8) is 0 Å². The lowest BCUT2D eigenvalue weighted by Gasteiger charge is -2.58. The summed E-state index contributed by atoms with van der Waals surface area (Å²) in [5.74, 6) is 5.14. The van der Waals surface area contributed by atoms with Crippen LogP contribution in [0, 0.1) is 46.8 Å². The average Bonchev–Trinajstić information content (AvgIpc) is 3.07. The highest BCUT2D eigenvalue weighted by Gasteiger charge is 2.59. The third kappa shape index (κ3) is 3.49. The molecule has 4 aliphatic carbocycles. The molecule has 1 saturated heterocycles. The van der Waals surface area contributed by atoms with Crippen LogP contribution in [-0.2, 0) is 9.53 Å². The number of rotatable bonds is 3. The second-order valence-corrected chi connectivity index (χ2v) is 12.2. The van der Waals surface area contributed by atoms with Gasteiger partial charge >= 0.3 is 0 Å². The standard InChI is InChI=1S/C26H43NO3/c1-17-14-21-18(15-26(17,3)29)4-5-20-19(21)8-9-25(2)22(20)6-7-23(25)24(28)16-27-10-12-30-13-11-27/h17-23,29H,4-16H2,1-3H3/t17-,18+,19+,20-,21+,22+,23-,25+,26+/m1/s1. The second kappa shape index (κ2) is 7.85. The van der Waals surface area contributed by atoms with Gasteiger partial charge in [-0.3, -0.25) is 9.69 Å². The topological polar surface area (TPSA) is 49.8 Å². The molecule has 5 fully saturated rings. The van der Waals surface area contributed by atoms with E-state index in [1.54, 1.807) is 0 Å². The van der Waals surface area contributed by atoms with E-state index in [1.165, 1.54) is 38.5 Å². The van der Waals surface area contributed by atoms with E-state index >= 15 is 0 Å². The van der Waals surface area contributed by atoms with Gasteiger partial charge in [0.15, 0.2) is 0 Å². The van der Waals surface area contributed by atoms with E-state index in [9.17, 15) is 9.90 Å². The zero-order valence-corrected chi connectivity index (χ0v) is 19.4. The van der Waals surface area contributed by atoms with Crippen molar-refractivity contribution in [2.45, 2.75) is 77.7 Å². The number of fused-ring (bicyclic) bond motifs is 5. The van der Waals surface area contributed by atoms with Gasteiger partial charge in [0.1, 0.15) is 5.78 Å². The number of carbonyl (C=O) groups excluding carboxylic acids is 1. The highest BCUT2D eigenvalue weighted by atomic mass is 16.5. The fourth-order valence-corrected chi connectivity index (χ4v) is 8.87. The smallest absolute Gasteiger partial charge is 0.150 e. The van der Waals surface area contributed by atoms with Crippen LogP contribution in [0.15, 0.2) is 0 Å². The van der Waals surface area contributed by atoms with Crippen molar-refractivity contribution in [2.24, 2.45) is 46.8 Å². The van der Waals surface area contributed by atoms with Crippen molar-refractivity contribution in [3.8, 4) is 0 Å². The fourth-order valence-electron chi connectivity index (χ4n) is 8.87. The van der Waals surface area contributed by atoms with Crippen LogP contribution in [0.4, 0.5) is 0 Å². The maximum atomic E-state index is 13.4. The lowest BCUT2D eigenvalue weighted by molar-refractivity contribution is -0.137.